The van der Waals surface area contributed by atoms with Crippen molar-refractivity contribution in [3.63, 3.8) is 0 Å². The molecule has 0 saturated carbocycles. The Balaban J connectivity index is 2.47. The maximum Gasteiger partial charge on any atom is 0.373 e. The SMILES string of the molecule is COc1ccccc1Oc1ncnc(N(CCC#N)CCC#N)c1[N+](=O)[O-]. The molecule has 2 aromatic rings. The van der Waals surface area contributed by atoms with Gasteiger partial charge in [0.1, 0.15) is 6.33 Å². The van der Waals surface area contributed by atoms with Crippen LogP contribution < -0.4 is 14.4 Å². The smallest absolute Gasteiger partial charge is 0.373 e. The Morgan fingerprint density at radius 1 is 1.15 bits per heavy atom. The number of nitriles is 2. The molecule has 0 aliphatic rings. The number of hydrogen-bond donors (Lipinski definition) is 0. The van der Waals surface area contributed by atoms with Crippen molar-refractivity contribution in [1.82, 2.24) is 9.97 Å². The fourth-order valence-electron chi connectivity index (χ4n) is 2.32. The summed E-state index contributed by atoms with van der Waals surface area (Å²) < 4.78 is 10.8. The van der Waals surface area contributed by atoms with Crippen LogP contribution in [0.1, 0.15) is 12.8 Å². The van der Waals surface area contributed by atoms with E-state index in [1.165, 1.54) is 12.0 Å². The Hall–Kier alpha value is -3.92. The molecule has 10 heteroatoms. The van der Waals surface area contributed by atoms with Crippen LogP contribution in [0, 0.1) is 32.8 Å². The van der Waals surface area contributed by atoms with Crippen LogP contribution in [-0.2, 0) is 0 Å². The van der Waals surface area contributed by atoms with Gasteiger partial charge in [-0.1, -0.05) is 12.1 Å². The Bertz CT molecular complexity index is 872. The predicted molar refractivity (Wildman–Crippen MR) is 94.4 cm³/mol. The minimum Gasteiger partial charge on any atom is -0.493 e. The quantitative estimate of drug-likeness (QED) is 0.483. The van der Waals surface area contributed by atoms with E-state index in [-0.39, 0.29) is 43.4 Å². The third-order valence-corrected chi connectivity index (χ3v) is 3.51. The lowest BCUT2D eigenvalue weighted by Crippen LogP contribution is -2.27. The molecule has 2 rings (SSSR count). The van der Waals surface area contributed by atoms with E-state index >= 15 is 0 Å². The average Bonchev–Trinajstić information content (AvgIpc) is 2.68. The van der Waals surface area contributed by atoms with Crippen molar-refractivity contribution in [2.45, 2.75) is 12.8 Å². The molecule has 0 N–H and O–H groups in total. The van der Waals surface area contributed by atoms with Gasteiger partial charge in [0.15, 0.2) is 11.5 Å². The zero-order chi connectivity index (χ0) is 19.6. The predicted octanol–water partition coefficient (Wildman–Crippen LogP) is 2.82. The van der Waals surface area contributed by atoms with Crippen LogP contribution in [0.3, 0.4) is 0 Å². The summed E-state index contributed by atoms with van der Waals surface area (Å²) in [5, 5.41) is 29.3. The van der Waals surface area contributed by atoms with Crippen LogP contribution in [0.15, 0.2) is 30.6 Å². The third-order valence-electron chi connectivity index (χ3n) is 3.51. The number of aromatic nitrogens is 2. The normalized spacial score (nSPS) is 9.74. The lowest BCUT2D eigenvalue weighted by Gasteiger charge is -2.21. The minimum absolute atomic E-state index is 0.00889. The molecule has 27 heavy (non-hydrogen) atoms. The van der Waals surface area contributed by atoms with E-state index in [9.17, 15) is 10.1 Å². The second-order valence-electron chi connectivity index (χ2n) is 5.16. The molecular formula is C17H16N6O4. The van der Waals surface area contributed by atoms with E-state index < -0.39 is 10.6 Å². The lowest BCUT2D eigenvalue weighted by atomic mass is 10.3. The van der Waals surface area contributed by atoms with Crippen molar-refractivity contribution in [2.24, 2.45) is 0 Å². The molecule has 0 fully saturated rings. The van der Waals surface area contributed by atoms with Gasteiger partial charge in [0.05, 0.1) is 37.0 Å². The van der Waals surface area contributed by atoms with Gasteiger partial charge in [-0.05, 0) is 12.1 Å². The monoisotopic (exact) mass is 368 g/mol. The molecule has 0 aliphatic heterocycles. The van der Waals surface area contributed by atoms with Crippen LogP contribution in [0.25, 0.3) is 0 Å². The van der Waals surface area contributed by atoms with Gasteiger partial charge in [0.25, 0.3) is 0 Å². The molecule has 10 nitrogen and oxygen atoms in total. The number of nitrogens with zero attached hydrogens (tertiary/aromatic N) is 6. The van der Waals surface area contributed by atoms with E-state index in [2.05, 4.69) is 9.97 Å². The van der Waals surface area contributed by atoms with Gasteiger partial charge in [-0.15, -0.1) is 0 Å². The topological polar surface area (TPSA) is 138 Å². The van der Waals surface area contributed by atoms with E-state index in [1.807, 2.05) is 12.1 Å². The summed E-state index contributed by atoms with van der Waals surface area (Å²) in [4.78, 5) is 20.4. The molecule has 0 amide bonds. The molecule has 0 saturated heterocycles. The summed E-state index contributed by atoms with van der Waals surface area (Å²) in [5.41, 5.74) is -0.445. The van der Waals surface area contributed by atoms with Crippen molar-refractivity contribution in [3.05, 3.63) is 40.7 Å². The number of hydrogen-bond acceptors (Lipinski definition) is 9. The van der Waals surface area contributed by atoms with E-state index in [4.69, 9.17) is 20.0 Å². The van der Waals surface area contributed by atoms with Gasteiger partial charge in [-0.25, -0.2) is 4.98 Å². The van der Waals surface area contributed by atoms with Crippen molar-refractivity contribution in [2.75, 3.05) is 25.1 Å². The third kappa shape index (κ3) is 4.80. The van der Waals surface area contributed by atoms with Gasteiger partial charge in [-0.2, -0.15) is 15.5 Å². The molecule has 0 bridgehead atoms. The van der Waals surface area contributed by atoms with Crippen molar-refractivity contribution >= 4 is 11.5 Å². The summed E-state index contributed by atoms with van der Waals surface area (Å²) in [6, 6.07) is 10.6. The Kier molecular flexibility index (Phi) is 6.85. The maximum absolute atomic E-state index is 11.7. The van der Waals surface area contributed by atoms with Crippen molar-refractivity contribution < 1.29 is 14.4 Å². The number of nitro groups is 1. The number of ether oxygens (including phenoxy) is 2. The van der Waals surface area contributed by atoms with Crippen LogP contribution >= 0.6 is 0 Å². The molecule has 0 aliphatic carbocycles. The zero-order valence-electron chi connectivity index (χ0n) is 14.5. The Morgan fingerprint density at radius 3 is 2.33 bits per heavy atom. The summed E-state index contributed by atoms with van der Waals surface area (Å²) in [5.74, 6) is 0.380. The Morgan fingerprint density at radius 2 is 1.78 bits per heavy atom. The van der Waals surface area contributed by atoms with E-state index in [0.29, 0.717) is 5.75 Å². The van der Waals surface area contributed by atoms with Gasteiger partial charge in [0.2, 0.25) is 5.82 Å². The Labute approximate surface area is 155 Å². The summed E-state index contributed by atoms with van der Waals surface area (Å²) in [6.07, 6.45) is 1.38. The van der Waals surface area contributed by atoms with Gasteiger partial charge < -0.3 is 14.4 Å². The second kappa shape index (κ2) is 9.53. The molecular weight excluding hydrogens is 352 g/mol. The molecule has 0 radical (unpaired) electrons. The summed E-state index contributed by atoms with van der Waals surface area (Å²) in [7, 11) is 1.45. The highest BCUT2D eigenvalue weighted by Gasteiger charge is 2.29. The first-order valence-electron chi connectivity index (χ1n) is 7.91. The molecule has 0 atom stereocenters. The average molecular weight is 368 g/mol. The minimum atomic E-state index is -0.647. The lowest BCUT2D eigenvalue weighted by molar-refractivity contribution is -0.385. The highest BCUT2D eigenvalue weighted by atomic mass is 16.6. The molecule has 0 spiro atoms. The largest absolute Gasteiger partial charge is 0.493 e. The van der Waals surface area contributed by atoms with Crippen molar-refractivity contribution in [3.8, 4) is 29.5 Å². The molecule has 1 heterocycles. The standard InChI is InChI=1S/C17H16N6O4/c1-26-13-6-2-3-7-14(13)27-17-15(23(24)25)16(20-12-21-17)22(10-4-8-18)11-5-9-19/h2-3,6-7,12H,4-5,10-11H2,1H3. The molecule has 1 aromatic heterocycles. The first kappa shape index (κ1) is 19.4. The highest BCUT2D eigenvalue weighted by Crippen LogP contribution is 2.38. The number of para-hydroxylation sites is 2. The summed E-state index contributed by atoms with van der Waals surface area (Å²) >= 11 is 0. The second-order valence-corrected chi connectivity index (χ2v) is 5.16. The van der Waals surface area contributed by atoms with Gasteiger partial charge >= 0.3 is 11.6 Å². The number of benzene rings is 1. The maximum atomic E-state index is 11.7. The fraction of sp³-hybridized carbons (Fsp3) is 0.294. The van der Waals surface area contributed by atoms with Crippen LogP contribution in [0.4, 0.5) is 11.5 Å². The number of rotatable bonds is 9. The number of methoxy groups -OCH3 is 1. The van der Waals surface area contributed by atoms with Gasteiger partial charge in [0, 0.05) is 13.1 Å². The van der Waals surface area contributed by atoms with Crippen molar-refractivity contribution in [1.29, 1.82) is 10.5 Å². The molecule has 0 unspecified atom stereocenters. The highest BCUT2D eigenvalue weighted by molar-refractivity contribution is 5.63. The fourth-order valence-corrected chi connectivity index (χ4v) is 2.32. The van der Waals surface area contributed by atoms with Crippen LogP contribution in [0.2, 0.25) is 0 Å². The van der Waals surface area contributed by atoms with E-state index in [1.54, 1.807) is 24.3 Å². The first-order chi connectivity index (χ1) is 13.1. The van der Waals surface area contributed by atoms with E-state index in [0.717, 1.165) is 6.33 Å². The zero-order valence-corrected chi connectivity index (χ0v) is 14.5. The van der Waals surface area contributed by atoms with Crippen LogP contribution in [-0.4, -0.2) is 35.1 Å². The summed E-state index contributed by atoms with van der Waals surface area (Å²) in [6.45, 7) is 0.369. The van der Waals surface area contributed by atoms with Gasteiger partial charge in [-0.3, -0.25) is 10.1 Å². The number of anilines is 1. The van der Waals surface area contributed by atoms with Crippen LogP contribution in [0.5, 0.6) is 17.4 Å². The molecule has 138 valence electrons. The molecule has 1 aromatic carbocycles. The first-order valence-corrected chi connectivity index (χ1v) is 7.91.